The molecular weight excluding hydrogens is 376 g/mol. The maximum Gasteiger partial charge on any atom is 0.245 e. The van der Waals surface area contributed by atoms with E-state index in [4.69, 9.17) is 58.6 Å². The largest absolute Gasteiger partial charge is 0.339 e. The standard InChI is InChI=1S/C12H11Cl4N3OS/c1-2-9(20)18-10(12(14,15)16)19-11(21)17-8-6-4-3-5-7(8)13/h2-6,10H,1H2,(H,18,20)(H2,17,19,21)/t10-/m0/s1. The van der Waals surface area contributed by atoms with E-state index in [2.05, 4.69) is 22.5 Å². The van der Waals surface area contributed by atoms with Crippen LogP contribution in [-0.4, -0.2) is 21.0 Å². The van der Waals surface area contributed by atoms with Crippen LogP contribution in [-0.2, 0) is 4.79 Å². The van der Waals surface area contributed by atoms with Gasteiger partial charge in [0, 0.05) is 0 Å². The maximum atomic E-state index is 11.3. The molecule has 0 aliphatic carbocycles. The predicted molar refractivity (Wildman–Crippen MR) is 93.2 cm³/mol. The minimum atomic E-state index is -1.81. The quantitative estimate of drug-likeness (QED) is 0.320. The number of amides is 1. The number of carbonyl (C=O) groups excluding carboxylic acids is 1. The number of hydrogen-bond donors (Lipinski definition) is 3. The van der Waals surface area contributed by atoms with Crippen LogP contribution in [0.15, 0.2) is 36.9 Å². The summed E-state index contributed by atoms with van der Waals surface area (Å²) in [6.07, 6.45) is 0.00537. The molecular formula is C12H11Cl4N3OS. The van der Waals surface area contributed by atoms with Crippen LogP contribution in [0.2, 0.25) is 5.02 Å². The second-order valence-corrected chi connectivity index (χ2v) is 6.95. The minimum absolute atomic E-state index is 0.129. The first-order valence-electron chi connectivity index (χ1n) is 5.55. The summed E-state index contributed by atoms with van der Waals surface area (Å²) >= 11 is 28.4. The van der Waals surface area contributed by atoms with Crippen molar-refractivity contribution in [2.45, 2.75) is 9.96 Å². The van der Waals surface area contributed by atoms with Crippen molar-refractivity contribution in [3.8, 4) is 0 Å². The van der Waals surface area contributed by atoms with Crippen LogP contribution >= 0.6 is 58.6 Å². The van der Waals surface area contributed by atoms with Crippen LogP contribution in [0.4, 0.5) is 5.69 Å². The Morgan fingerprint density at radius 3 is 2.43 bits per heavy atom. The summed E-state index contributed by atoms with van der Waals surface area (Å²) < 4.78 is -1.81. The van der Waals surface area contributed by atoms with E-state index < -0.39 is 15.9 Å². The molecule has 1 rings (SSSR count). The first-order chi connectivity index (χ1) is 9.74. The van der Waals surface area contributed by atoms with Crippen molar-refractivity contribution in [1.29, 1.82) is 0 Å². The number of hydrogen-bond acceptors (Lipinski definition) is 2. The molecule has 1 amide bonds. The van der Waals surface area contributed by atoms with E-state index in [0.29, 0.717) is 10.7 Å². The highest BCUT2D eigenvalue weighted by Crippen LogP contribution is 2.29. The van der Waals surface area contributed by atoms with Crippen molar-refractivity contribution >= 4 is 75.3 Å². The van der Waals surface area contributed by atoms with E-state index in [-0.39, 0.29) is 5.11 Å². The summed E-state index contributed by atoms with van der Waals surface area (Å²) in [5.41, 5.74) is 0.579. The molecule has 114 valence electrons. The predicted octanol–water partition coefficient (Wildman–Crippen LogP) is 3.62. The van der Waals surface area contributed by atoms with Gasteiger partial charge in [0.05, 0.1) is 10.7 Å². The number of nitrogens with one attached hydrogen (secondary N) is 3. The van der Waals surface area contributed by atoms with Gasteiger partial charge < -0.3 is 16.0 Å². The molecule has 4 nitrogen and oxygen atoms in total. The molecule has 0 radical (unpaired) electrons. The lowest BCUT2D eigenvalue weighted by Gasteiger charge is -2.27. The molecule has 21 heavy (non-hydrogen) atoms. The highest BCUT2D eigenvalue weighted by molar-refractivity contribution is 7.80. The Bertz CT molecular complexity index is 548. The van der Waals surface area contributed by atoms with Crippen molar-refractivity contribution in [3.05, 3.63) is 41.9 Å². The Morgan fingerprint density at radius 2 is 1.90 bits per heavy atom. The average Bonchev–Trinajstić information content (AvgIpc) is 2.39. The van der Waals surface area contributed by atoms with Gasteiger partial charge in [-0.05, 0) is 30.4 Å². The third-order valence-electron chi connectivity index (χ3n) is 2.20. The lowest BCUT2D eigenvalue weighted by molar-refractivity contribution is -0.117. The molecule has 0 saturated carbocycles. The first-order valence-corrected chi connectivity index (χ1v) is 7.47. The zero-order chi connectivity index (χ0) is 16.0. The van der Waals surface area contributed by atoms with E-state index in [1.54, 1.807) is 24.3 Å². The summed E-state index contributed by atoms with van der Waals surface area (Å²) in [7, 11) is 0. The highest BCUT2D eigenvalue weighted by atomic mass is 35.6. The monoisotopic (exact) mass is 385 g/mol. The van der Waals surface area contributed by atoms with Gasteiger partial charge in [-0.15, -0.1) is 0 Å². The van der Waals surface area contributed by atoms with Crippen molar-refractivity contribution in [1.82, 2.24) is 10.6 Å². The van der Waals surface area contributed by atoms with Gasteiger partial charge in [-0.2, -0.15) is 0 Å². The zero-order valence-electron chi connectivity index (χ0n) is 10.5. The van der Waals surface area contributed by atoms with Crippen LogP contribution < -0.4 is 16.0 Å². The van der Waals surface area contributed by atoms with Gasteiger partial charge in [-0.1, -0.05) is 65.1 Å². The fourth-order valence-corrected chi connectivity index (χ4v) is 1.99. The fourth-order valence-electron chi connectivity index (χ4n) is 1.25. The van der Waals surface area contributed by atoms with E-state index in [0.717, 1.165) is 6.08 Å². The normalized spacial score (nSPS) is 12.2. The molecule has 1 aromatic carbocycles. The Morgan fingerprint density at radius 1 is 1.29 bits per heavy atom. The molecule has 9 heteroatoms. The molecule has 0 aliphatic heterocycles. The molecule has 0 unspecified atom stereocenters. The van der Waals surface area contributed by atoms with Gasteiger partial charge in [-0.3, -0.25) is 4.79 Å². The van der Waals surface area contributed by atoms with E-state index in [1.807, 2.05) is 0 Å². The molecule has 0 fully saturated rings. The lowest BCUT2D eigenvalue weighted by atomic mass is 10.3. The molecule has 0 heterocycles. The topological polar surface area (TPSA) is 53.2 Å². The second kappa shape index (κ2) is 8.06. The fraction of sp³-hybridized carbons (Fsp3) is 0.167. The average molecular weight is 387 g/mol. The van der Waals surface area contributed by atoms with Gasteiger partial charge in [0.2, 0.25) is 9.70 Å². The molecule has 0 spiro atoms. The number of anilines is 1. The number of para-hydroxylation sites is 1. The molecule has 0 aromatic heterocycles. The smallest absolute Gasteiger partial charge is 0.245 e. The minimum Gasteiger partial charge on any atom is -0.339 e. The third-order valence-corrected chi connectivity index (χ3v) is 3.40. The van der Waals surface area contributed by atoms with E-state index in [9.17, 15) is 4.79 Å². The molecule has 3 N–H and O–H groups in total. The van der Waals surface area contributed by atoms with Crippen LogP contribution in [0.1, 0.15) is 0 Å². The lowest BCUT2D eigenvalue weighted by Crippen LogP contribution is -2.55. The van der Waals surface area contributed by atoms with Crippen molar-refractivity contribution < 1.29 is 4.79 Å². The molecule has 1 aromatic rings. The summed E-state index contributed by atoms with van der Waals surface area (Å²) in [6.45, 7) is 3.32. The first kappa shape index (κ1) is 18.3. The number of thiocarbonyl (C=S) groups is 1. The molecule has 0 bridgehead atoms. The zero-order valence-corrected chi connectivity index (χ0v) is 14.3. The van der Waals surface area contributed by atoms with Crippen LogP contribution in [0, 0.1) is 0 Å². The second-order valence-electron chi connectivity index (χ2n) is 3.77. The van der Waals surface area contributed by atoms with Gasteiger partial charge in [0.15, 0.2) is 5.11 Å². The number of alkyl halides is 3. The van der Waals surface area contributed by atoms with Crippen molar-refractivity contribution in [2.24, 2.45) is 0 Å². The number of halogens is 4. The van der Waals surface area contributed by atoms with Crippen molar-refractivity contribution in [3.63, 3.8) is 0 Å². The Hall–Kier alpha value is -0.720. The van der Waals surface area contributed by atoms with Gasteiger partial charge >= 0.3 is 0 Å². The number of benzene rings is 1. The molecule has 0 saturated heterocycles. The van der Waals surface area contributed by atoms with Crippen molar-refractivity contribution in [2.75, 3.05) is 5.32 Å². The van der Waals surface area contributed by atoms with Gasteiger partial charge in [0.25, 0.3) is 0 Å². The summed E-state index contributed by atoms with van der Waals surface area (Å²) in [4.78, 5) is 11.3. The van der Waals surface area contributed by atoms with E-state index in [1.165, 1.54) is 0 Å². The van der Waals surface area contributed by atoms with Crippen LogP contribution in [0.3, 0.4) is 0 Å². The molecule has 0 aliphatic rings. The number of rotatable bonds is 4. The Kier molecular flexibility index (Phi) is 7.03. The van der Waals surface area contributed by atoms with E-state index >= 15 is 0 Å². The van der Waals surface area contributed by atoms with Crippen LogP contribution in [0.5, 0.6) is 0 Å². The number of carbonyl (C=O) groups is 1. The van der Waals surface area contributed by atoms with Gasteiger partial charge in [-0.25, -0.2) is 0 Å². The summed E-state index contributed by atoms with van der Waals surface area (Å²) in [5.74, 6) is -0.514. The Labute approximate surface area is 147 Å². The Balaban J connectivity index is 2.75. The van der Waals surface area contributed by atoms with Crippen LogP contribution in [0.25, 0.3) is 0 Å². The molecule has 1 atom stereocenters. The third kappa shape index (κ3) is 6.28. The highest BCUT2D eigenvalue weighted by Gasteiger charge is 2.34. The summed E-state index contributed by atoms with van der Waals surface area (Å²) in [5, 5.41) is 8.54. The summed E-state index contributed by atoms with van der Waals surface area (Å²) in [6, 6.07) is 6.97. The SMILES string of the molecule is C=CC(=O)N[C@@H](NC(=S)Nc1ccccc1Cl)C(Cl)(Cl)Cl. The maximum absolute atomic E-state index is 11.3. The van der Waals surface area contributed by atoms with Gasteiger partial charge in [0.1, 0.15) is 6.17 Å².